The molecule has 1 N–H and O–H groups in total. The zero-order valence-electron chi connectivity index (χ0n) is 15.0. The topological polar surface area (TPSA) is 29.3 Å². The summed E-state index contributed by atoms with van der Waals surface area (Å²) in [6.07, 6.45) is 9.58. The molecule has 2 heterocycles. The van der Waals surface area contributed by atoms with E-state index in [1.807, 2.05) is 0 Å². The summed E-state index contributed by atoms with van der Waals surface area (Å²) in [6, 6.07) is 23.3. The standard InChI is InChI=1S/C24H21N3/c1-2-8-18(9-3-1)16-17-25-24-23(20-11-4-5-12-20)26-22-15-14-19-10-6-7-13-21(19)27(22)24/h1-15,20,25H,16-17H2. The van der Waals surface area contributed by atoms with Gasteiger partial charge in [-0.2, -0.15) is 0 Å². The maximum atomic E-state index is 4.97. The Hall–Kier alpha value is -3.33. The van der Waals surface area contributed by atoms with Gasteiger partial charge >= 0.3 is 0 Å². The highest BCUT2D eigenvalue weighted by Gasteiger charge is 2.20. The number of nitrogens with zero attached hydrogens (tertiary/aromatic N) is 2. The number of para-hydroxylation sites is 1. The Labute approximate surface area is 158 Å². The molecule has 132 valence electrons. The number of allylic oxidation sites excluding steroid dienone is 4. The van der Waals surface area contributed by atoms with E-state index in [4.69, 9.17) is 4.98 Å². The van der Waals surface area contributed by atoms with Crippen molar-refractivity contribution in [1.29, 1.82) is 0 Å². The second-order valence-electron chi connectivity index (χ2n) is 6.89. The summed E-state index contributed by atoms with van der Waals surface area (Å²) in [4.78, 5) is 4.97. The van der Waals surface area contributed by atoms with Gasteiger partial charge in [0, 0.05) is 12.5 Å². The third-order valence-corrected chi connectivity index (χ3v) is 5.13. The van der Waals surface area contributed by atoms with Crippen LogP contribution < -0.4 is 5.32 Å². The summed E-state index contributed by atoms with van der Waals surface area (Å²) in [6.45, 7) is 0.869. The molecular weight excluding hydrogens is 330 g/mol. The predicted molar refractivity (Wildman–Crippen MR) is 112 cm³/mol. The lowest BCUT2D eigenvalue weighted by Gasteiger charge is -2.12. The second kappa shape index (κ2) is 6.76. The van der Waals surface area contributed by atoms with Gasteiger partial charge in [0.2, 0.25) is 0 Å². The normalized spacial score (nSPS) is 13.8. The Kier molecular flexibility index (Phi) is 3.98. The van der Waals surface area contributed by atoms with Crippen LogP contribution in [0.5, 0.6) is 0 Å². The number of nitrogens with one attached hydrogen (secondary N) is 1. The number of pyridine rings is 1. The van der Waals surface area contributed by atoms with E-state index in [9.17, 15) is 0 Å². The van der Waals surface area contributed by atoms with Crippen LogP contribution >= 0.6 is 0 Å². The summed E-state index contributed by atoms with van der Waals surface area (Å²) in [7, 11) is 0. The molecule has 0 aliphatic heterocycles. The minimum absolute atomic E-state index is 0.225. The van der Waals surface area contributed by atoms with E-state index in [1.54, 1.807) is 0 Å². The van der Waals surface area contributed by atoms with Crippen LogP contribution in [0.15, 0.2) is 91.0 Å². The van der Waals surface area contributed by atoms with E-state index in [2.05, 4.69) is 101 Å². The number of anilines is 1. The Balaban J connectivity index is 1.58. The van der Waals surface area contributed by atoms with Crippen molar-refractivity contribution in [3.8, 4) is 0 Å². The monoisotopic (exact) mass is 351 g/mol. The fourth-order valence-electron chi connectivity index (χ4n) is 3.79. The maximum Gasteiger partial charge on any atom is 0.139 e. The predicted octanol–water partition coefficient (Wildman–Crippen LogP) is 5.35. The van der Waals surface area contributed by atoms with Crippen LogP contribution in [0.2, 0.25) is 0 Å². The van der Waals surface area contributed by atoms with Crippen LogP contribution in [0, 0.1) is 0 Å². The third-order valence-electron chi connectivity index (χ3n) is 5.13. The summed E-state index contributed by atoms with van der Waals surface area (Å²) in [5, 5.41) is 4.91. The van der Waals surface area contributed by atoms with Crippen molar-refractivity contribution >= 4 is 22.4 Å². The second-order valence-corrected chi connectivity index (χ2v) is 6.89. The minimum Gasteiger partial charge on any atom is -0.369 e. The molecule has 3 nitrogen and oxygen atoms in total. The molecule has 2 aromatic heterocycles. The molecular formula is C24H21N3. The fraction of sp³-hybridized carbons (Fsp3) is 0.125. The van der Waals surface area contributed by atoms with E-state index < -0.39 is 0 Å². The van der Waals surface area contributed by atoms with Gasteiger partial charge in [-0.3, -0.25) is 4.40 Å². The van der Waals surface area contributed by atoms with Gasteiger partial charge in [-0.1, -0.05) is 72.8 Å². The molecule has 0 saturated carbocycles. The average molecular weight is 351 g/mol. The van der Waals surface area contributed by atoms with Gasteiger partial charge < -0.3 is 5.32 Å². The molecule has 0 atom stereocenters. The lowest BCUT2D eigenvalue weighted by atomic mass is 10.1. The Bertz CT molecular complexity index is 1140. The van der Waals surface area contributed by atoms with E-state index in [0.29, 0.717) is 0 Å². The Morgan fingerprint density at radius 2 is 1.63 bits per heavy atom. The highest BCUT2D eigenvalue weighted by Crippen LogP contribution is 2.32. The van der Waals surface area contributed by atoms with Crippen LogP contribution in [0.25, 0.3) is 16.6 Å². The SMILES string of the molecule is C1=CC(c2nc3ccc4ccccc4n3c2NCCc2ccccc2)C=C1. The van der Waals surface area contributed by atoms with Crippen molar-refractivity contribution in [3.63, 3.8) is 0 Å². The quantitative estimate of drug-likeness (QED) is 0.525. The molecule has 3 heteroatoms. The third kappa shape index (κ3) is 2.91. The van der Waals surface area contributed by atoms with Gasteiger partial charge in [0.15, 0.2) is 0 Å². The molecule has 1 aliphatic rings. The zero-order chi connectivity index (χ0) is 18.1. The summed E-state index contributed by atoms with van der Waals surface area (Å²) in [5.74, 6) is 1.32. The number of hydrogen-bond donors (Lipinski definition) is 1. The lowest BCUT2D eigenvalue weighted by molar-refractivity contribution is 0.978. The number of aromatic nitrogens is 2. The van der Waals surface area contributed by atoms with Crippen LogP contribution in [0.4, 0.5) is 5.82 Å². The summed E-state index contributed by atoms with van der Waals surface area (Å²) < 4.78 is 2.26. The van der Waals surface area contributed by atoms with Gasteiger partial charge in [0.25, 0.3) is 0 Å². The maximum absolute atomic E-state index is 4.97. The number of hydrogen-bond acceptors (Lipinski definition) is 2. The Morgan fingerprint density at radius 1 is 0.852 bits per heavy atom. The molecule has 0 amide bonds. The first-order valence-electron chi connectivity index (χ1n) is 9.43. The molecule has 0 radical (unpaired) electrons. The van der Waals surface area contributed by atoms with Crippen molar-refractivity contribution in [1.82, 2.24) is 9.38 Å². The first-order valence-corrected chi connectivity index (χ1v) is 9.43. The molecule has 5 rings (SSSR count). The number of rotatable bonds is 5. The van der Waals surface area contributed by atoms with Gasteiger partial charge in [-0.25, -0.2) is 4.98 Å². The first-order chi connectivity index (χ1) is 13.4. The largest absolute Gasteiger partial charge is 0.369 e. The van der Waals surface area contributed by atoms with Crippen molar-refractivity contribution in [3.05, 3.63) is 102 Å². The van der Waals surface area contributed by atoms with Crippen molar-refractivity contribution < 1.29 is 0 Å². The number of fused-ring (bicyclic) bond motifs is 3. The molecule has 0 bridgehead atoms. The molecule has 0 saturated heterocycles. The number of imidazole rings is 1. The smallest absolute Gasteiger partial charge is 0.139 e. The molecule has 4 aromatic rings. The van der Waals surface area contributed by atoms with E-state index in [1.165, 1.54) is 16.5 Å². The highest BCUT2D eigenvalue weighted by molar-refractivity contribution is 5.84. The van der Waals surface area contributed by atoms with Gasteiger partial charge in [0.05, 0.1) is 11.2 Å². The van der Waals surface area contributed by atoms with Crippen molar-refractivity contribution in [2.45, 2.75) is 12.3 Å². The van der Waals surface area contributed by atoms with E-state index in [-0.39, 0.29) is 5.92 Å². The summed E-state index contributed by atoms with van der Waals surface area (Å²) >= 11 is 0. The lowest BCUT2D eigenvalue weighted by Crippen LogP contribution is -2.09. The van der Waals surface area contributed by atoms with Crippen LogP contribution in [-0.4, -0.2) is 15.9 Å². The molecule has 0 spiro atoms. The minimum atomic E-state index is 0.225. The fourth-order valence-corrected chi connectivity index (χ4v) is 3.79. The molecule has 0 fully saturated rings. The van der Waals surface area contributed by atoms with Crippen LogP contribution in [-0.2, 0) is 6.42 Å². The first kappa shape index (κ1) is 15.9. The van der Waals surface area contributed by atoms with Crippen LogP contribution in [0.1, 0.15) is 17.2 Å². The highest BCUT2D eigenvalue weighted by atomic mass is 15.1. The molecule has 27 heavy (non-hydrogen) atoms. The van der Waals surface area contributed by atoms with E-state index in [0.717, 1.165) is 30.1 Å². The molecule has 2 aromatic carbocycles. The van der Waals surface area contributed by atoms with Gasteiger partial charge in [-0.05, 0) is 35.6 Å². The van der Waals surface area contributed by atoms with Gasteiger partial charge in [0.1, 0.15) is 11.5 Å². The number of benzene rings is 2. The van der Waals surface area contributed by atoms with Crippen molar-refractivity contribution in [2.24, 2.45) is 0 Å². The molecule has 0 unspecified atom stereocenters. The van der Waals surface area contributed by atoms with Crippen LogP contribution in [0.3, 0.4) is 0 Å². The average Bonchev–Trinajstić information content (AvgIpc) is 3.37. The van der Waals surface area contributed by atoms with Crippen molar-refractivity contribution in [2.75, 3.05) is 11.9 Å². The Morgan fingerprint density at radius 3 is 2.48 bits per heavy atom. The summed E-state index contributed by atoms with van der Waals surface area (Å²) in [5.41, 5.74) is 4.59. The molecule has 1 aliphatic carbocycles. The van der Waals surface area contributed by atoms with E-state index >= 15 is 0 Å². The van der Waals surface area contributed by atoms with Gasteiger partial charge in [-0.15, -0.1) is 0 Å². The zero-order valence-corrected chi connectivity index (χ0v) is 15.0.